The molecule has 2 nitrogen and oxygen atoms in total. The second kappa shape index (κ2) is 6.88. The Morgan fingerprint density at radius 2 is 1.59 bits per heavy atom. The summed E-state index contributed by atoms with van der Waals surface area (Å²) in [5.74, 6) is -1.11. The van der Waals surface area contributed by atoms with Crippen LogP contribution in [0.5, 0.6) is 0 Å². The molecule has 1 fully saturated rings. The first-order chi connectivity index (χ1) is 10.7. The lowest BCUT2D eigenvalue weighted by Gasteiger charge is -2.28. The molecule has 1 saturated heterocycles. The Morgan fingerprint density at radius 3 is 2.23 bits per heavy atom. The molecule has 4 heteroatoms. The van der Waals surface area contributed by atoms with E-state index in [1.165, 1.54) is 30.5 Å². The summed E-state index contributed by atoms with van der Waals surface area (Å²) in [5, 5.41) is 3.18. The molecule has 0 bridgehead atoms. The second-order valence-corrected chi connectivity index (χ2v) is 5.71. The number of hydrogen-bond donors (Lipinski definition) is 1. The van der Waals surface area contributed by atoms with Gasteiger partial charge in [0.1, 0.15) is 11.6 Å². The van der Waals surface area contributed by atoms with Gasteiger partial charge in [0.2, 0.25) is 0 Å². The lowest BCUT2D eigenvalue weighted by atomic mass is 10.1. The second-order valence-electron chi connectivity index (χ2n) is 5.71. The highest BCUT2D eigenvalue weighted by molar-refractivity contribution is 5.44. The molecule has 1 unspecified atom stereocenters. The SMILES string of the molecule is Fc1cc(F)cc(NCC(c2ccccc2)N2CCCC2)c1. The molecule has 1 N–H and O–H groups in total. The molecule has 1 aliphatic heterocycles. The van der Waals surface area contributed by atoms with Crippen LogP contribution in [0.1, 0.15) is 24.4 Å². The molecule has 0 radical (unpaired) electrons. The van der Waals surface area contributed by atoms with E-state index in [1.54, 1.807) is 0 Å². The zero-order valence-corrected chi connectivity index (χ0v) is 12.4. The number of rotatable bonds is 5. The quantitative estimate of drug-likeness (QED) is 0.890. The fourth-order valence-electron chi connectivity index (χ4n) is 3.06. The topological polar surface area (TPSA) is 15.3 Å². The molecule has 2 aromatic carbocycles. The van der Waals surface area contributed by atoms with Crippen LogP contribution in [0.25, 0.3) is 0 Å². The normalized spacial score (nSPS) is 16.6. The minimum Gasteiger partial charge on any atom is -0.383 e. The van der Waals surface area contributed by atoms with Crippen LogP contribution in [0, 0.1) is 11.6 Å². The van der Waals surface area contributed by atoms with Crippen molar-refractivity contribution in [1.29, 1.82) is 0 Å². The lowest BCUT2D eigenvalue weighted by molar-refractivity contribution is 0.256. The van der Waals surface area contributed by atoms with Crippen molar-refractivity contribution >= 4 is 5.69 Å². The first kappa shape index (κ1) is 15.0. The largest absolute Gasteiger partial charge is 0.383 e. The van der Waals surface area contributed by atoms with Gasteiger partial charge in [0.25, 0.3) is 0 Å². The van der Waals surface area contributed by atoms with Gasteiger partial charge in [0.05, 0.1) is 6.04 Å². The zero-order valence-electron chi connectivity index (χ0n) is 12.4. The number of likely N-dealkylation sites (tertiary alicyclic amines) is 1. The van der Waals surface area contributed by atoms with Crippen LogP contribution in [-0.2, 0) is 0 Å². The fourth-order valence-corrected chi connectivity index (χ4v) is 3.06. The molecule has 1 heterocycles. The van der Waals surface area contributed by atoms with E-state index in [9.17, 15) is 8.78 Å². The van der Waals surface area contributed by atoms with Gasteiger partial charge in [-0.3, -0.25) is 4.90 Å². The summed E-state index contributed by atoms with van der Waals surface area (Å²) < 4.78 is 26.6. The van der Waals surface area contributed by atoms with Crippen molar-refractivity contribution in [3.63, 3.8) is 0 Å². The minimum absolute atomic E-state index is 0.218. The maximum atomic E-state index is 13.3. The van der Waals surface area contributed by atoms with Gasteiger partial charge >= 0.3 is 0 Å². The predicted molar refractivity (Wildman–Crippen MR) is 84.8 cm³/mol. The summed E-state index contributed by atoms with van der Waals surface area (Å²) in [5.41, 5.74) is 1.71. The Labute approximate surface area is 129 Å². The van der Waals surface area contributed by atoms with E-state index >= 15 is 0 Å². The van der Waals surface area contributed by atoms with Crippen molar-refractivity contribution in [2.24, 2.45) is 0 Å². The number of halogens is 2. The number of nitrogens with zero attached hydrogens (tertiary/aromatic N) is 1. The van der Waals surface area contributed by atoms with Gasteiger partial charge in [0, 0.05) is 18.3 Å². The van der Waals surface area contributed by atoms with Gasteiger partial charge in [0.15, 0.2) is 0 Å². The highest BCUT2D eigenvalue weighted by atomic mass is 19.1. The maximum Gasteiger partial charge on any atom is 0.128 e. The van der Waals surface area contributed by atoms with Gasteiger partial charge in [-0.2, -0.15) is 0 Å². The molecule has 116 valence electrons. The summed E-state index contributed by atoms with van der Waals surface area (Å²) >= 11 is 0. The average molecular weight is 302 g/mol. The van der Waals surface area contributed by atoms with Gasteiger partial charge in [-0.05, 0) is 43.6 Å². The van der Waals surface area contributed by atoms with Crippen molar-refractivity contribution < 1.29 is 8.78 Å². The third-order valence-electron chi connectivity index (χ3n) is 4.13. The Hall–Kier alpha value is -1.94. The van der Waals surface area contributed by atoms with Crippen molar-refractivity contribution in [3.8, 4) is 0 Å². The first-order valence-corrected chi connectivity index (χ1v) is 7.71. The van der Waals surface area contributed by atoms with E-state index in [0.717, 1.165) is 19.2 Å². The van der Waals surface area contributed by atoms with Crippen molar-refractivity contribution in [2.45, 2.75) is 18.9 Å². The van der Waals surface area contributed by atoms with E-state index in [2.05, 4.69) is 22.3 Å². The molecule has 1 atom stereocenters. The van der Waals surface area contributed by atoms with Crippen molar-refractivity contribution in [2.75, 3.05) is 25.0 Å². The fraction of sp³-hybridized carbons (Fsp3) is 0.333. The molecule has 2 aromatic rings. The third kappa shape index (κ3) is 3.63. The standard InChI is InChI=1S/C18H20F2N2/c19-15-10-16(20)12-17(11-15)21-13-18(22-8-4-5-9-22)14-6-2-1-3-7-14/h1-3,6-7,10-12,18,21H,4-5,8-9,13H2. The zero-order chi connectivity index (χ0) is 15.4. The van der Waals surface area contributed by atoms with Gasteiger partial charge < -0.3 is 5.32 Å². The number of hydrogen-bond acceptors (Lipinski definition) is 2. The summed E-state index contributed by atoms with van der Waals surface area (Å²) in [7, 11) is 0. The van der Waals surface area contributed by atoms with Crippen LogP contribution >= 0.6 is 0 Å². The highest BCUT2D eigenvalue weighted by Crippen LogP contribution is 2.25. The number of nitrogens with one attached hydrogen (secondary N) is 1. The van der Waals surface area contributed by atoms with E-state index in [1.807, 2.05) is 18.2 Å². The maximum absolute atomic E-state index is 13.3. The smallest absolute Gasteiger partial charge is 0.128 e. The Kier molecular flexibility index (Phi) is 4.68. The molecular formula is C18H20F2N2. The molecule has 0 saturated carbocycles. The van der Waals surface area contributed by atoms with E-state index in [4.69, 9.17) is 0 Å². The van der Waals surface area contributed by atoms with Crippen LogP contribution in [0.15, 0.2) is 48.5 Å². The van der Waals surface area contributed by atoms with E-state index < -0.39 is 11.6 Å². The van der Waals surface area contributed by atoms with Crippen LogP contribution in [-0.4, -0.2) is 24.5 Å². The van der Waals surface area contributed by atoms with Crippen molar-refractivity contribution in [1.82, 2.24) is 4.90 Å². The number of benzene rings is 2. The number of anilines is 1. The van der Waals surface area contributed by atoms with Gasteiger partial charge in [-0.1, -0.05) is 30.3 Å². The summed E-state index contributed by atoms with van der Waals surface area (Å²) in [4.78, 5) is 2.43. The third-order valence-corrected chi connectivity index (χ3v) is 4.13. The Balaban J connectivity index is 1.75. The molecular weight excluding hydrogens is 282 g/mol. The molecule has 3 rings (SSSR count). The predicted octanol–water partition coefficient (Wildman–Crippen LogP) is 4.21. The molecule has 0 amide bonds. The molecule has 0 aliphatic carbocycles. The highest BCUT2D eigenvalue weighted by Gasteiger charge is 2.23. The molecule has 0 aromatic heterocycles. The molecule has 22 heavy (non-hydrogen) atoms. The monoisotopic (exact) mass is 302 g/mol. The van der Waals surface area contributed by atoms with Crippen LogP contribution in [0.4, 0.5) is 14.5 Å². The Morgan fingerprint density at radius 1 is 0.955 bits per heavy atom. The van der Waals surface area contributed by atoms with Crippen LogP contribution in [0.3, 0.4) is 0 Å². The van der Waals surface area contributed by atoms with E-state index in [-0.39, 0.29) is 6.04 Å². The average Bonchev–Trinajstić information content (AvgIpc) is 3.02. The van der Waals surface area contributed by atoms with Gasteiger partial charge in [-0.15, -0.1) is 0 Å². The molecule has 0 spiro atoms. The lowest BCUT2D eigenvalue weighted by Crippen LogP contribution is -2.31. The van der Waals surface area contributed by atoms with Crippen molar-refractivity contribution in [3.05, 3.63) is 65.7 Å². The summed E-state index contributed by atoms with van der Waals surface area (Å²) in [6.07, 6.45) is 2.41. The van der Waals surface area contributed by atoms with E-state index in [0.29, 0.717) is 12.2 Å². The van der Waals surface area contributed by atoms with Crippen LogP contribution in [0.2, 0.25) is 0 Å². The first-order valence-electron chi connectivity index (χ1n) is 7.71. The summed E-state index contributed by atoms with van der Waals surface area (Å²) in [6.45, 7) is 2.77. The van der Waals surface area contributed by atoms with Gasteiger partial charge in [-0.25, -0.2) is 8.78 Å². The van der Waals surface area contributed by atoms with Crippen LogP contribution < -0.4 is 5.32 Å². The Bertz CT molecular complexity index is 589. The molecule has 1 aliphatic rings. The minimum atomic E-state index is -0.556. The summed E-state index contributed by atoms with van der Waals surface area (Å²) in [6, 6.07) is 14.0.